The van der Waals surface area contributed by atoms with E-state index in [1.807, 2.05) is 25.7 Å². The van der Waals surface area contributed by atoms with Gasteiger partial charge in [0, 0.05) is 39.3 Å². The second kappa shape index (κ2) is 9.71. The Labute approximate surface area is 179 Å². The molecule has 9 nitrogen and oxygen atoms in total. The van der Waals surface area contributed by atoms with Crippen LogP contribution in [0, 0.1) is 17.1 Å². The van der Waals surface area contributed by atoms with Crippen LogP contribution in [0.3, 0.4) is 0 Å². The van der Waals surface area contributed by atoms with Gasteiger partial charge in [-0.25, -0.2) is 14.2 Å². The second-order valence-corrected chi connectivity index (χ2v) is 7.70. The van der Waals surface area contributed by atoms with Crippen molar-refractivity contribution in [2.75, 3.05) is 38.2 Å². The molecule has 0 saturated carbocycles. The summed E-state index contributed by atoms with van der Waals surface area (Å²) in [4.78, 5) is 28.0. The Morgan fingerprint density at radius 3 is 2.40 bits per heavy atom. The van der Waals surface area contributed by atoms with E-state index in [9.17, 15) is 9.18 Å². The Hall–Kier alpha value is -2.93. The average Bonchev–Trinajstić information content (AvgIpc) is 2.69. The molecule has 3 heterocycles. The molecule has 1 fully saturated rings. The largest absolute Gasteiger partial charge is 0.467 e. The van der Waals surface area contributed by atoms with Crippen LogP contribution in [0.2, 0.25) is 5.15 Å². The highest BCUT2D eigenvalue weighted by atomic mass is 35.5. The van der Waals surface area contributed by atoms with Gasteiger partial charge in [0.15, 0.2) is 11.0 Å². The predicted octanol–water partition coefficient (Wildman–Crippen LogP) is 3.41. The van der Waals surface area contributed by atoms with E-state index in [4.69, 9.17) is 26.3 Å². The topological polar surface area (TPSA) is 104 Å². The van der Waals surface area contributed by atoms with Crippen LogP contribution < -0.4 is 9.64 Å². The zero-order chi connectivity index (χ0) is 22.5. The summed E-state index contributed by atoms with van der Waals surface area (Å²) >= 11 is 5.77. The Morgan fingerprint density at radius 2 is 1.87 bits per heavy atom. The summed E-state index contributed by atoms with van der Waals surface area (Å²) in [5, 5.41) is 7.49. The number of hydrogen-bond donors (Lipinski definition) is 0. The van der Waals surface area contributed by atoms with E-state index in [-0.39, 0.29) is 22.8 Å². The maximum atomic E-state index is 14.4. The van der Waals surface area contributed by atoms with E-state index < -0.39 is 11.4 Å². The zero-order valence-corrected chi connectivity index (χ0v) is 18.3. The van der Waals surface area contributed by atoms with Crippen molar-refractivity contribution < 1.29 is 18.7 Å². The van der Waals surface area contributed by atoms with Crippen molar-refractivity contribution in [3.05, 3.63) is 17.2 Å². The fourth-order valence-electron chi connectivity index (χ4n) is 2.76. The molecule has 0 radical (unpaired) electrons. The van der Waals surface area contributed by atoms with Gasteiger partial charge >= 0.3 is 12.1 Å². The highest BCUT2D eigenvalue weighted by Gasteiger charge is 2.28. The van der Waals surface area contributed by atoms with Gasteiger partial charge in [0.1, 0.15) is 16.9 Å². The SMILES string of the molecule is CC#N.COc1nc(N2CCN(C(=O)OC(C)(C)C)CC2)c2cnc(Cl)c(F)c2n1. The van der Waals surface area contributed by atoms with Crippen LogP contribution in [0.25, 0.3) is 10.9 Å². The predicted molar refractivity (Wildman–Crippen MR) is 110 cm³/mol. The molecular weight excluding hydrogens is 415 g/mol. The number of anilines is 1. The molecule has 0 aliphatic carbocycles. The van der Waals surface area contributed by atoms with Gasteiger partial charge in [-0.15, -0.1) is 0 Å². The molecule has 0 unspecified atom stereocenters. The summed E-state index contributed by atoms with van der Waals surface area (Å²) in [6.45, 7) is 8.81. The number of methoxy groups -OCH3 is 1. The van der Waals surface area contributed by atoms with Gasteiger partial charge < -0.3 is 19.3 Å². The summed E-state index contributed by atoms with van der Waals surface area (Å²) in [7, 11) is 1.41. The first-order valence-corrected chi connectivity index (χ1v) is 9.58. The normalized spacial score (nSPS) is 13.9. The molecular formula is C19H24ClFN6O3. The lowest BCUT2D eigenvalue weighted by atomic mass is 10.2. The lowest BCUT2D eigenvalue weighted by Crippen LogP contribution is -2.50. The molecule has 11 heteroatoms. The van der Waals surface area contributed by atoms with Crippen LogP contribution in [0.1, 0.15) is 27.7 Å². The van der Waals surface area contributed by atoms with Crippen molar-refractivity contribution in [1.29, 1.82) is 5.26 Å². The maximum absolute atomic E-state index is 14.4. The van der Waals surface area contributed by atoms with E-state index in [0.29, 0.717) is 37.4 Å². The van der Waals surface area contributed by atoms with Gasteiger partial charge in [0.05, 0.1) is 18.6 Å². The molecule has 1 aliphatic rings. The first-order valence-electron chi connectivity index (χ1n) is 9.20. The van der Waals surface area contributed by atoms with E-state index >= 15 is 0 Å². The number of rotatable bonds is 2. The molecule has 1 amide bonds. The number of amides is 1. The molecule has 0 bridgehead atoms. The number of fused-ring (bicyclic) bond motifs is 1. The molecule has 1 saturated heterocycles. The lowest BCUT2D eigenvalue weighted by Gasteiger charge is -2.36. The van der Waals surface area contributed by atoms with Crippen LogP contribution in [-0.2, 0) is 4.74 Å². The minimum atomic E-state index is -0.719. The van der Waals surface area contributed by atoms with E-state index in [2.05, 4.69) is 15.0 Å². The molecule has 0 atom stereocenters. The summed E-state index contributed by atoms with van der Waals surface area (Å²) in [6, 6.07) is 1.79. The fraction of sp³-hybridized carbons (Fsp3) is 0.526. The van der Waals surface area contributed by atoms with Gasteiger partial charge in [-0.2, -0.15) is 15.2 Å². The number of nitrogens with zero attached hydrogens (tertiary/aromatic N) is 6. The van der Waals surface area contributed by atoms with E-state index in [0.717, 1.165) is 0 Å². The zero-order valence-electron chi connectivity index (χ0n) is 17.6. The van der Waals surface area contributed by atoms with Crippen molar-refractivity contribution in [2.24, 2.45) is 0 Å². The van der Waals surface area contributed by atoms with Gasteiger partial charge in [-0.1, -0.05) is 11.6 Å². The van der Waals surface area contributed by atoms with Crippen molar-refractivity contribution >= 4 is 34.4 Å². The summed E-state index contributed by atoms with van der Waals surface area (Å²) in [6.07, 6.45) is 1.09. The first-order chi connectivity index (χ1) is 14.1. The summed E-state index contributed by atoms with van der Waals surface area (Å²) in [5.41, 5.74) is -0.501. The number of hydrogen-bond acceptors (Lipinski definition) is 8. The molecule has 2 aromatic rings. The van der Waals surface area contributed by atoms with Crippen LogP contribution in [0.15, 0.2) is 6.20 Å². The van der Waals surface area contributed by atoms with Gasteiger partial charge in [-0.3, -0.25) is 0 Å². The smallest absolute Gasteiger partial charge is 0.410 e. The number of piperazine rings is 1. The number of halogens is 2. The highest BCUT2D eigenvalue weighted by molar-refractivity contribution is 6.30. The van der Waals surface area contributed by atoms with E-state index in [1.165, 1.54) is 20.2 Å². The Bertz CT molecular complexity index is 952. The minimum absolute atomic E-state index is 0.0354. The van der Waals surface area contributed by atoms with E-state index in [1.54, 1.807) is 11.0 Å². The fourth-order valence-corrected chi connectivity index (χ4v) is 2.90. The number of ether oxygens (including phenoxy) is 2. The van der Waals surface area contributed by atoms with Crippen LogP contribution in [0.4, 0.5) is 15.0 Å². The highest BCUT2D eigenvalue weighted by Crippen LogP contribution is 2.30. The van der Waals surface area contributed by atoms with Crippen molar-refractivity contribution in [3.8, 4) is 12.1 Å². The molecule has 0 spiro atoms. The number of nitriles is 1. The first kappa shape index (κ1) is 23.3. The second-order valence-electron chi connectivity index (χ2n) is 7.34. The molecule has 30 heavy (non-hydrogen) atoms. The van der Waals surface area contributed by atoms with Crippen molar-refractivity contribution in [2.45, 2.75) is 33.3 Å². The number of pyridine rings is 1. The molecule has 3 rings (SSSR count). The average molecular weight is 439 g/mol. The van der Waals surface area contributed by atoms with Gasteiger partial charge in [-0.05, 0) is 20.8 Å². The summed E-state index contributed by atoms with van der Waals surface area (Å²) in [5.74, 6) is -0.229. The minimum Gasteiger partial charge on any atom is -0.467 e. The standard InChI is InChI=1S/C17H21ClFN5O3.C2H3N/c1-17(2,3)27-16(25)24-7-5-23(6-8-24)14-10-9-20-13(18)11(19)12(10)21-15(22-14)26-4;1-2-3/h9H,5-8H2,1-4H3;1H3. The third kappa shape index (κ3) is 5.57. The molecule has 1 aliphatic heterocycles. The Balaban J connectivity index is 0.00000101. The van der Waals surface area contributed by atoms with Crippen molar-refractivity contribution in [3.63, 3.8) is 0 Å². The molecule has 0 aromatic carbocycles. The van der Waals surface area contributed by atoms with Gasteiger partial charge in [0.2, 0.25) is 0 Å². The Morgan fingerprint density at radius 1 is 1.27 bits per heavy atom. The molecule has 2 aromatic heterocycles. The third-order valence-corrected chi connectivity index (χ3v) is 4.28. The molecule has 0 N–H and O–H groups in total. The van der Waals surface area contributed by atoms with Crippen molar-refractivity contribution in [1.82, 2.24) is 19.9 Å². The number of carbonyl (C=O) groups is 1. The maximum Gasteiger partial charge on any atom is 0.410 e. The van der Waals surface area contributed by atoms with Crippen LogP contribution in [-0.4, -0.2) is 64.8 Å². The quantitative estimate of drug-likeness (QED) is 0.657. The van der Waals surface area contributed by atoms with Crippen LogP contribution in [0.5, 0.6) is 6.01 Å². The summed E-state index contributed by atoms with van der Waals surface area (Å²) < 4.78 is 24.9. The monoisotopic (exact) mass is 438 g/mol. The number of carbonyl (C=O) groups excluding carboxylic acids is 1. The lowest BCUT2D eigenvalue weighted by molar-refractivity contribution is 0.0240. The van der Waals surface area contributed by atoms with Gasteiger partial charge in [0.25, 0.3) is 0 Å². The molecule has 162 valence electrons. The number of aromatic nitrogens is 3. The third-order valence-electron chi connectivity index (χ3n) is 4.01. The van der Waals surface area contributed by atoms with Crippen LogP contribution >= 0.6 is 11.6 Å². The Kier molecular flexibility index (Phi) is 7.56.